The highest BCUT2D eigenvalue weighted by molar-refractivity contribution is 8.03. The van der Waals surface area contributed by atoms with E-state index in [1.165, 1.54) is 11.8 Å². The minimum atomic E-state index is -0.392. The molecule has 0 bridgehead atoms. The summed E-state index contributed by atoms with van der Waals surface area (Å²) in [6, 6.07) is -0.392. The molecule has 1 fully saturated rings. The second kappa shape index (κ2) is 2.52. The number of hydrogen-bond donors (Lipinski definition) is 2. The number of carbonyl (C=O) groups is 2. The molecule has 4 nitrogen and oxygen atoms in total. The van der Waals surface area contributed by atoms with Crippen LogP contribution in [0.25, 0.3) is 0 Å². The second-order valence-corrected chi connectivity index (χ2v) is 3.87. The van der Waals surface area contributed by atoms with Gasteiger partial charge in [0.05, 0.1) is 11.3 Å². The van der Waals surface area contributed by atoms with Gasteiger partial charge in [-0.15, -0.1) is 11.8 Å². The average molecular weight is 184 g/mol. The molecule has 1 saturated heterocycles. The molecule has 0 spiro atoms. The van der Waals surface area contributed by atoms with E-state index in [2.05, 4.69) is 10.6 Å². The first kappa shape index (κ1) is 7.67. The maximum Gasteiger partial charge on any atom is 0.322 e. The number of carbonyl (C=O) groups excluding carboxylic acids is 2. The van der Waals surface area contributed by atoms with Crippen LogP contribution in [0.5, 0.6) is 0 Å². The van der Waals surface area contributed by atoms with E-state index in [0.717, 1.165) is 5.57 Å². The van der Waals surface area contributed by atoms with Crippen LogP contribution in [0.2, 0.25) is 0 Å². The van der Waals surface area contributed by atoms with E-state index in [1.807, 2.05) is 12.3 Å². The summed E-state index contributed by atoms with van der Waals surface area (Å²) in [5.41, 5.74) is 1.02. The summed E-state index contributed by atoms with van der Waals surface area (Å²) in [4.78, 5) is 22.1. The van der Waals surface area contributed by atoms with Crippen LogP contribution >= 0.6 is 11.8 Å². The topological polar surface area (TPSA) is 58.2 Å². The molecule has 0 unspecified atom stereocenters. The first-order valence-corrected chi connectivity index (χ1v) is 4.56. The Hall–Kier alpha value is -0.970. The van der Waals surface area contributed by atoms with Gasteiger partial charge in [0.25, 0.3) is 0 Å². The van der Waals surface area contributed by atoms with Gasteiger partial charge in [-0.3, -0.25) is 10.1 Å². The summed E-state index contributed by atoms with van der Waals surface area (Å²) >= 11 is 1.49. The Morgan fingerprint density at radius 1 is 1.50 bits per heavy atom. The molecule has 0 radical (unpaired) electrons. The maximum atomic E-state index is 11.3. The fraction of sp³-hybridized carbons (Fsp3) is 0.429. The zero-order chi connectivity index (χ0) is 8.72. The summed E-state index contributed by atoms with van der Waals surface area (Å²) in [5.74, 6) is -0.366. The maximum absolute atomic E-state index is 11.3. The van der Waals surface area contributed by atoms with Crippen LogP contribution in [-0.4, -0.2) is 17.3 Å². The smallest absolute Gasteiger partial charge is 0.322 e. The van der Waals surface area contributed by atoms with Crippen LogP contribution in [0.4, 0.5) is 4.79 Å². The van der Waals surface area contributed by atoms with Gasteiger partial charge >= 0.3 is 6.03 Å². The lowest BCUT2D eigenvalue weighted by atomic mass is 10.00. The lowest BCUT2D eigenvalue weighted by molar-refractivity contribution is -0.123. The van der Waals surface area contributed by atoms with Crippen LogP contribution in [-0.2, 0) is 4.79 Å². The summed E-state index contributed by atoms with van der Waals surface area (Å²) < 4.78 is 0. The van der Waals surface area contributed by atoms with Crippen molar-refractivity contribution in [1.29, 1.82) is 0 Å². The number of amides is 3. The van der Waals surface area contributed by atoms with Gasteiger partial charge in [0.2, 0.25) is 5.91 Å². The summed E-state index contributed by atoms with van der Waals surface area (Å²) in [6.07, 6.45) is 0. The lowest BCUT2D eigenvalue weighted by Crippen LogP contribution is -2.55. The highest BCUT2D eigenvalue weighted by Gasteiger charge is 2.39. The quantitative estimate of drug-likeness (QED) is 0.573. The largest absolute Gasteiger partial charge is 0.325 e. The van der Waals surface area contributed by atoms with Crippen LogP contribution in [0.1, 0.15) is 6.92 Å². The van der Waals surface area contributed by atoms with Crippen molar-refractivity contribution in [1.82, 2.24) is 10.6 Å². The highest BCUT2D eigenvalue weighted by Crippen LogP contribution is 2.35. The van der Waals surface area contributed by atoms with Crippen molar-refractivity contribution < 1.29 is 9.59 Å². The average Bonchev–Trinajstić information content (AvgIpc) is 2.31. The van der Waals surface area contributed by atoms with Gasteiger partial charge in [0.1, 0.15) is 0 Å². The molecule has 2 heterocycles. The number of fused-ring (bicyclic) bond motifs is 1. The second-order valence-electron chi connectivity index (χ2n) is 2.86. The molecule has 2 rings (SSSR count). The Morgan fingerprint density at radius 3 is 3.00 bits per heavy atom. The van der Waals surface area contributed by atoms with E-state index in [1.54, 1.807) is 0 Å². The van der Waals surface area contributed by atoms with E-state index < -0.39 is 6.03 Å². The summed E-state index contributed by atoms with van der Waals surface area (Å²) in [6.45, 7) is 1.90. The lowest BCUT2D eigenvalue weighted by Gasteiger charge is -2.25. The van der Waals surface area contributed by atoms with Gasteiger partial charge in [-0.2, -0.15) is 0 Å². The fourth-order valence-corrected chi connectivity index (χ4v) is 2.57. The number of hydrogen-bond acceptors (Lipinski definition) is 3. The predicted molar refractivity (Wildman–Crippen MR) is 45.3 cm³/mol. The van der Waals surface area contributed by atoms with Crippen molar-refractivity contribution in [2.24, 2.45) is 5.92 Å². The van der Waals surface area contributed by atoms with Gasteiger partial charge in [-0.25, -0.2) is 4.79 Å². The third-order valence-corrected chi connectivity index (χ3v) is 3.18. The van der Waals surface area contributed by atoms with Crippen LogP contribution < -0.4 is 10.6 Å². The minimum Gasteiger partial charge on any atom is -0.325 e. The molecular formula is C7H8N2O2S. The molecule has 5 heteroatoms. The van der Waals surface area contributed by atoms with Gasteiger partial charge in [0, 0.05) is 0 Å². The van der Waals surface area contributed by atoms with Gasteiger partial charge in [-0.1, -0.05) is 5.57 Å². The number of urea groups is 1. The molecule has 2 aliphatic rings. The molecule has 12 heavy (non-hydrogen) atoms. The predicted octanol–water partition coefficient (Wildman–Crippen LogP) is 0.419. The zero-order valence-electron chi connectivity index (χ0n) is 6.46. The standard InChI is InChI=1S/C7H8N2O2S/c1-3-2-12-6-4(3)5(10)8-7(11)9-6/h2,4,6H,1H3,(H2,8,9,10,11)/t4-,6-/m0/s1. The third-order valence-electron chi connectivity index (χ3n) is 1.99. The van der Waals surface area contributed by atoms with Crippen molar-refractivity contribution in [2.75, 3.05) is 0 Å². The molecular weight excluding hydrogens is 176 g/mol. The Bertz CT molecular complexity index is 287. The third kappa shape index (κ3) is 1.01. The van der Waals surface area contributed by atoms with E-state index in [-0.39, 0.29) is 17.2 Å². The fourth-order valence-electron chi connectivity index (χ4n) is 1.39. The molecule has 0 aromatic carbocycles. The monoisotopic (exact) mass is 184 g/mol. The molecule has 3 amide bonds. The SMILES string of the molecule is CC1=CS[C@@H]2NC(=O)NC(=O)[C@H]12. The van der Waals surface area contributed by atoms with Crippen molar-refractivity contribution in [2.45, 2.75) is 12.3 Å². The molecule has 0 aromatic rings. The molecule has 2 N–H and O–H groups in total. The van der Waals surface area contributed by atoms with E-state index in [0.29, 0.717) is 0 Å². The van der Waals surface area contributed by atoms with Crippen LogP contribution in [0.15, 0.2) is 11.0 Å². The van der Waals surface area contributed by atoms with Crippen LogP contribution in [0, 0.1) is 5.92 Å². The molecule has 0 aliphatic carbocycles. The summed E-state index contributed by atoms with van der Waals surface area (Å²) in [7, 11) is 0. The number of imide groups is 1. The van der Waals surface area contributed by atoms with Gasteiger partial charge < -0.3 is 5.32 Å². The van der Waals surface area contributed by atoms with E-state index >= 15 is 0 Å². The highest BCUT2D eigenvalue weighted by atomic mass is 32.2. The Kier molecular flexibility index (Phi) is 1.61. The molecule has 2 atom stereocenters. The first-order valence-electron chi connectivity index (χ1n) is 3.62. The van der Waals surface area contributed by atoms with Crippen molar-refractivity contribution in [3.8, 4) is 0 Å². The number of thioether (sulfide) groups is 1. The van der Waals surface area contributed by atoms with Gasteiger partial charge in [0.15, 0.2) is 0 Å². The van der Waals surface area contributed by atoms with Gasteiger partial charge in [-0.05, 0) is 12.3 Å². The normalized spacial score (nSPS) is 33.6. The van der Waals surface area contributed by atoms with E-state index in [4.69, 9.17) is 0 Å². The number of rotatable bonds is 0. The molecule has 0 aromatic heterocycles. The molecule has 64 valence electrons. The van der Waals surface area contributed by atoms with Crippen molar-refractivity contribution in [3.63, 3.8) is 0 Å². The Labute approximate surface area is 73.8 Å². The molecule has 0 saturated carbocycles. The van der Waals surface area contributed by atoms with Crippen LogP contribution in [0.3, 0.4) is 0 Å². The molecule has 2 aliphatic heterocycles. The minimum absolute atomic E-state index is 0.0914. The number of nitrogens with one attached hydrogen (secondary N) is 2. The van der Waals surface area contributed by atoms with Crippen molar-refractivity contribution >= 4 is 23.7 Å². The Morgan fingerprint density at radius 2 is 2.25 bits per heavy atom. The Balaban J connectivity index is 2.24. The summed E-state index contributed by atoms with van der Waals surface area (Å²) in [5, 5.41) is 6.74. The zero-order valence-corrected chi connectivity index (χ0v) is 7.27. The van der Waals surface area contributed by atoms with E-state index in [9.17, 15) is 9.59 Å². The van der Waals surface area contributed by atoms with Crippen molar-refractivity contribution in [3.05, 3.63) is 11.0 Å². The first-order chi connectivity index (χ1) is 5.68.